The Balaban J connectivity index is 1.96. The lowest BCUT2D eigenvalue weighted by Crippen LogP contribution is -2.16. The molecule has 124 valence electrons. The fourth-order valence-corrected chi connectivity index (χ4v) is 2.77. The first kappa shape index (κ1) is 17.6. The topological polar surface area (TPSA) is 35.2 Å². The molecule has 0 aromatic heterocycles. The van der Waals surface area contributed by atoms with Gasteiger partial charge in [0.05, 0.1) is 6.61 Å². The number of nitrogens with two attached hydrogens (primary N) is 1. The van der Waals surface area contributed by atoms with Crippen molar-refractivity contribution in [1.29, 1.82) is 0 Å². The van der Waals surface area contributed by atoms with Gasteiger partial charge in [-0.05, 0) is 67.0 Å². The second-order valence-electron chi connectivity index (χ2n) is 6.59. The first-order chi connectivity index (χ1) is 11.0. The SMILES string of the molecule is Cc1cccc(OCCC(CN)c2ccc(C(C)C)cc2)c1C. The lowest BCUT2D eigenvalue weighted by Gasteiger charge is -2.17. The third kappa shape index (κ3) is 4.59. The molecule has 2 nitrogen and oxygen atoms in total. The van der Waals surface area contributed by atoms with Gasteiger partial charge >= 0.3 is 0 Å². The highest BCUT2D eigenvalue weighted by Gasteiger charge is 2.11. The van der Waals surface area contributed by atoms with Crippen molar-refractivity contribution < 1.29 is 4.74 Å². The minimum Gasteiger partial charge on any atom is -0.493 e. The van der Waals surface area contributed by atoms with Gasteiger partial charge in [0.15, 0.2) is 0 Å². The van der Waals surface area contributed by atoms with Gasteiger partial charge in [-0.2, -0.15) is 0 Å². The zero-order chi connectivity index (χ0) is 16.8. The molecule has 0 radical (unpaired) electrons. The van der Waals surface area contributed by atoms with Crippen LogP contribution in [0.5, 0.6) is 5.75 Å². The monoisotopic (exact) mass is 311 g/mol. The Bertz CT molecular complexity index is 616. The summed E-state index contributed by atoms with van der Waals surface area (Å²) in [7, 11) is 0. The highest BCUT2D eigenvalue weighted by atomic mass is 16.5. The third-order valence-electron chi connectivity index (χ3n) is 4.64. The first-order valence-corrected chi connectivity index (χ1v) is 8.51. The van der Waals surface area contributed by atoms with E-state index >= 15 is 0 Å². The molecule has 0 saturated heterocycles. The van der Waals surface area contributed by atoms with Crippen molar-refractivity contribution in [2.75, 3.05) is 13.2 Å². The van der Waals surface area contributed by atoms with E-state index in [1.807, 2.05) is 12.1 Å². The van der Waals surface area contributed by atoms with Crippen molar-refractivity contribution >= 4 is 0 Å². The minimum absolute atomic E-state index is 0.348. The van der Waals surface area contributed by atoms with Crippen LogP contribution in [0.15, 0.2) is 42.5 Å². The van der Waals surface area contributed by atoms with E-state index in [1.54, 1.807) is 0 Å². The molecule has 0 heterocycles. The maximum atomic E-state index is 5.98. The van der Waals surface area contributed by atoms with E-state index in [4.69, 9.17) is 10.5 Å². The van der Waals surface area contributed by atoms with Crippen molar-refractivity contribution in [3.05, 3.63) is 64.7 Å². The maximum Gasteiger partial charge on any atom is 0.122 e. The van der Waals surface area contributed by atoms with Crippen LogP contribution in [0.1, 0.15) is 54.4 Å². The molecule has 0 spiro atoms. The number of benzene rings is 2. The molecule has 1 unspecified atom stereocenters. The summed E-state index contributed by atoms with van der Waals surface area (Å²) in [5.74, 6) is 1.89. The number of rotatable bonds is 7. The van der Waals surface area contributed by atoms with Gasteiger partial charge in [0.1, 0.15) is 5.75 Å². The fourth-order valence-electron chi connectivity index (χ4n) is 2.77. The average Bonchev–Trinajstić information content (AvgIpc) is 2.55. The normalized spacial score (nSPS) is 12.4. The number of hydrogen-bond acceptors (Lipinski definition) is 2. The second-order valence-corrected chi connectivity index (χ2v) is 6.59. The molecule has 0 fully saturated rings. The summed E-state index contributed by atoms with van der Waals surface area (Å²) in [5.41, 5.74) is 11.1. The van der Waals surface area contributed by atoms with E-state index in [9.17, 15) is 0 Å². The molecule has 0 aliphatic heterocycles. The van der Waals surface area contributed by atoms with E-state index in [1.165, 1.54) is 22.3 Å². The van der Waals surface area contributed by atoms with Gasteiger partial charge in [-0.3, -0.25) is 0 Å². The molecule has 0 aliphatic rings. The maximum absolute atomic E-state index is 5.98. The molecule has 2 rings (SSSR count). The Morgan fingerprint density at radius 1 is 0.957 bits per heavy atom. The Morgan fingerprint density at radius 3 is 2.22 bits per heavy atom. The molecule has 2 heteroatoms. The summed E-state index contributed by atoms with van der Waals surface area (Å²) < 4.78 is 5.98. The molecule has 0 amide bonds. The van der Waals surface area contributed by atoms with Crippen LogP contribution < -0.4 is 10.5 Å². The van der Waals surface area contributed by atoms with Crippen LogP contribution in [0, 0.1) is 13.8 Å². The van der Waals surface area contributed by atoms with Crippen molar-refractivity contribution in [3.8, 4) is 5.75 Å². The van der Waals surface area contributed by atoms with E-state index < -0.39 is 0 Å². The van der Waals surface area contributed by atoms with Gasteiger partial charge in [0.25, 0.3) is 0 Å². The summed E-state index contributed by atoms with van der Waals surface area (Å²) >= 11 is 0. The van der Waals surface area contributed by atoms with E-state index in [-0.39, 0.29) is 0 Å². The Labute approximate surface area is 140 Å². The summed E-state index contributed by atoms with van der Waals surface area (Å²) in [6.07, 6.45) is 0.935. The van der Waals surface area contributed by atoms with Crippen molar-refractivity contribution in [1.82, 2.24) is 0 Å². The zero-order valence-electron chi connectivity index (χ0n) is 14.8. The van der Waals surface area contributed by atoms with Crippen LogP contribution in [-0.4, -0.2) is 13.2 Å². The zero-order valence-corrected chi connectivity index (χ0v) is 14.8. The molecule has 0 bridgehead atoms. The molecule has 1 atom stereocenters. The predicted molar refractivity (Wildman–Crippen MR) is 98.4 cm³/mol. The Morgan fingerprint density at radius 2 is 1.61 bits per heavy atom. The van der Waals surface area contributed by atoms with Gasteiger partial charge in [0, 0.05) is 0 Å². The molecule has 2 aromatic carbocycles. The van der Waals surface area contributed by atoms with Gasteiger partial charge in [-0.15, -0.1) is 0 Å². The van der Waals surface area contributed by atoms with Crippen LogP contribution in [-0.2, 0) is 0 Å². The molecular weight excluding hydrogens is 282 g/mol. The Hall–Kier alpha value is -1.80. The van der Waals surface area contributed by atoms with E-state index in [2.05, 4.69) is 58.0 Å². The van der Waals surface area contributed by atoms with Crippen LogP contribution in [0.2, 0.25) is 0 Å². The van der Waals surface area contributed by atoms with Crippen LogP contribution >= 0.6 is 0 Å². The summed E-state index contributed by atoms with van der Waals surface area (Å²) in [4.78, 5) is 0. The van der Waals surface area contributed by atoms with Crippen LogP contribution in [0.25, 0.3) is 0 Å². The quantitative estimate of drug-likeness (QED) is 0.786. The van der Waals surface area contributed by atoms with Crippen LogP contribution in [0.4, 0.5) is 0 Å². The summed E-state index contributed by atoms with van der Waals surface area (Å²) in [6.45, 7) is 9.99. The lowest BCUT2D eigenvalue weighted by molar-refractivity contribution is 0.296. The van der Waals surface area contributed by atoms with Crippen molar-refractivity contribution in [2.24, 2.45) is 5.73 Å². The molecule has 2 aromatic rings. The van der Waals surface area contributed by atoms with E-state index in [0.717, 1.165) is 12.2 Å². The highest BCUT2D eigenvalue weighted by molar-refractivity contribution is 5.38. The summed E-state index contributed by atoms with van der Waals surface area (Å²) in [5, 5.41) is 0. The number of hydrogen-bond donors (Lipinski definition) is 1. The largest absolute Gasteiger partial charge is 0.493 e. The molecule has 2 N–H and O–H groups in total. The molecular formula is C21H29NO. The third-order valence-corrected chi connectivity index (χ3v) is 4.64. The molecule has 0 aliphatic carbocycles. The second kappa shape index (κ2) is 8.16. The van der Waals surface area contributed by atoms with Gasteiger partial charge < -0.3 is 10.5 Å². The van der Waals surface area contributed by atoms with Crippen LogP contribution in [0.3, 0.4) is 0 Å². The molecule has 0 saturated carbocycles. The number of ether oxygens (including phenoxy) is 1. The Kier molecular flexibility index (Phi) is 6.23. The van der Waals surface area contributed by atoms with Gasteiger partial charge in [-0.1, -0.05) is 50.2 Å². The summed E-state index contributed by atoms with van der Waals surface area (Å²) in [6, 6.07) is 15.1. The number of aryl methyl sites for hydroxylation is 1. The van der Waals surface area contributed by atoms with Crippen molar-refractivity contribution in [2.45, 2.75) is 46.0 Å². The average molecular weight is 311 g/mol. The van der Waals surface area contributed by atoms with Crippen molar-refractivity contribution in [3.63, 3.8) is 0 Å². The standard InChI is InChI=1S/C21H29NO/c1-15(2)18-8-10-19(11-9-18)20(14-22)12-13-23-21-7-5-6-16(3)17(21)4/h5-11,15,20H,12-14,22H2,1-4H3. The smallest absolute Gasteiger partial charge is 0.122 e. The van der Waals surface area contributed by atoms with Gasteiger partial charge in [-0.25, -0.2) is 0 Å². The minimum atomic E-state index is 0.348. The lowest BCUT2D eigenvalue weighted by atomic mass is 9.93. The van der Waals surface area contributed by atoms with E-state index in [0.29, 0.717) is 25.0 Å². The molecule has 23 heavy (non-hydrogen) atoms. The predicted octanol–water partition coefficient (Wildman–Crippen LogP) is 4.94. The van der Waals surface area contributed by atoms with Gasteiger partial charge in [0.2, 0.25) is 0 Å². The first-order valence-electron chi connectivity index (χ1n) is 8.51. The highest BCUT2D eigenvalue weighted by Crippen LogP contribution is 2.24. The fraction of sp³-hybridized carbons (Fsp3) is 0.429.